The first kappa shape index (κ1) is 28.6. The maximum absolute atomic E-state index is 12.4. The Bertz CT molecular complexity index is 1070. The zero-order valence-electron chi connectivity index (χ0n) is 22.3. The van der Waals surface area contributed by atoms with Gasteiger partial charge in [0.1, 0.15) is 5.60 Å². The number of morpholine rings is 1. The second kappa shape index (κ2) is 12.6. The first-order valence-electron chi connectivity index (χ1n) is 13.3. The van der Waals surface area contributed by atoms with Crippen LogP contribution in [0.2, 0.25) is 5.02 Å². The minimum absolute atomic E-state index is 0.0273. The van der Waals surface area contributed by atoms with E-state index in [1.807, 2.05) is 37.7 Å². The zero-order valence-corrected chi connectivity index (χ0v) is 24.6. The van der Waals surface area contributed by atoms with Crippen molar-refractivity contribution in [1.29, 1.82) is 0 Å². The van der Waals surface area contributed by atoms with Crippen LogP contribution in [0.5, 0.6) is 0 Å². The van der Waals surface area contributed by atoms with E-state index in [0.29, 0.717) is 38.8 Å². The molecule has 0 aliphatic carbocycles. The quantitative estimate of drug-likeness (QED) is 0.328. The summed E-state index contributed by atoms with van der Waals surface area (Å²) in [5, 5.41) is 6.41. The summed E-state index contributed by atoms with van der Waals surface area (Å²) in [6.07, 6.45) is 6.36. The van der Waals surface area contributed by atoms with E-state index in [9.17, 15) is 4.79 Å². The molecular formula is C27H39BrClN3O5. The Kier molecular flexibility index (Phi) is 9.78. The highest BCUT2D eigenvalue weighted by Crippen LogP contribution is 2.37. The summed E-state index contributed by atoms with van der Waals surface area (Å²) in [6.45, 7) is 11.2. The summed E-state index contributed by atoms with van der Waals surface area (Å²) in [6, 6.07) is 2.02. The number of ether oxygens (including phenoxy) is 4. The molecule has 4 rings (SSSR count). The second-order valence-electron chi connectivity index (χ2n) is 11.1. The molecule has 2 aliphatic rings. The number of halogens is 2. The average molecular weight is 601 g/mol. The summed E-state index contributed by atoms with van der Waals surface area (Å²) in [7, 11) is 0. The van der Waals surface area contributed by atoms with Crippen molar-refractivity contribution < 1.29 is 23.7 Å². The van der Waals surface area contributed by atoms with Crippen LogP contribution in [0.1, 0.15) is 65.2 Å². The molecule has 2 fully saturated rings. The number of fused-ring (bicyclic) bond motifs is 1. The van der Waals surface area contributed by atoms with Gasteiger partial charge in [-0.25, -0.2) is 9.48 Å². The Morgan fingerprint density at radius 2 is 2.11 bits per heavy atom. The van der Waals surface area contributed by atoms with E-state index in [4.69, 9.17) is 30.5 Å². The molecule has 3 heterocycles. The van der Waals surface area contributed by atoms with Gasteiger partial charge in [0.15, 0.2) is 6.23 Å². The van der Waals surface area contributed by atoms with Gasteiger partial charge in [-0.15, -0.1) is 0 Å². The minimum atomic E-state index is -0.510. The van der Waals surface area contributed by atoms with Crippen LogP contribution in [0, 0.1) is 5.92 Å². The molecule has 3 atom stereocenters. The predicted molar refractivity (Wildman–Crippen MR) is 147 cm³/mol. The van der Waals surface area contributed by atoms with Crippen LogP contribution in [0.3, 0.4) is 0 Å². The number of nitrogens with zero attached hydrogens (tertiary/aromatic N) is 3. The lowest BCUT2D eigenvalue weighted by atomic mass is 9.97. The van der Waals surface area contributed by atoms with E-state index < -0.39 is 5.60 Å². The number of carbonyl (C=O) groups excluding carboxylic acids is 1. The van der Waals surface area contributed by atoms with Gasteiger partial charge in [-0.2, -0.15) is 5.10 Å². The Morgan fingerprint density at radius 3 is 2.84 bits per heavy atom. The molecule has 206 valence electrons. The number of hydrogen-bond acceptors (Lipinski definition) is 6. The first-order valence-corrected chi connectivity index (χ1v) is 14.4. The lowest BCUT2D eigenvalue weighted by molar-refractivity contribution is -0.0733. The highest BCUT2D eigenvalue weighted by atomic mass is 79.9. The summed E-state index contributed by atoms with van der Waals surface area (Å²) < 4.78 is 26.1. The molecule has 8 nitrogen and oxygen atoms in total. The minimum Gasteiger partial charge on any atom is -0.444 e. The maximum atomic E-state index is 12.4. The number of aromatic nitrogens is 2. The molecule has 0 bridgehead atoms. The lowest BCUT2D eigenvalue weighted by Gasteiger charge is -2.34. The van der Waals surface area contributed by atoms with Crippen LogP contribution in [-0.4, -0.2) is 72.0 Å². The molecule has 0 saturated carbocycles. The van der Waals surface area contributed by atoms with Gasteiger partial charge in [0.25, 0.3) is 0 Å². The molecule has 2 aromatic rings. The Morgan fingerprint density at radius 1 is 1.30 bits per heavy atom. The fourth-order valence-electron chi connectivity index (χ4n) is 4.75. The molecule has 2 aliphatic heterocycles. The van der Waals surface area contributed by atoms with Crippen molar-refractivity contribution in [3.8, 4) is 0 Å². The monoisotopic (exact) mass is 599 g/mol. The van der Waals surface area contributed by atoms with Crippen molar-refractivity contribution >= 4 is 44.5 Å². The first-order chi connectivity index (χ1) is 17.6. The lowest BCUT2D eigenvalue weighted by Crippen LogP contribution is -2.48. The zero-order chi connectivity index (χ0) is 26.6. The Balaban J connectivity index is 1.26. The van der Waals surface area contributed by atoms with E-state index in [1.165, 1.54) is 0 Å². The van der Waals surface area contributed by atoms with Gasteiger partial charge >= 0.3 is 6.09 Å². The van der Waals surface area contributed by atoms with Crippen LogP contribution in [0.25, 0.3) is 10.9 Å². The maximum Gasteiger partial charge on any atom is 0.410 e. The second-order valence-corrected chi connectivity index (χ2v) is 12.3. The van der Waals surface area contributed by atoms with Gasteiger partial charge in [0, 0.05) is 34.6 Å². The van der Waals surface area contributed by atoms with Crippen molar-refractivity contribution in [2.45, 2.75) is 77.7 Å². The summed E-state index contributed by atoms with van der Waals surface area (Å²) >= 11 is 10.6. The smallest absolute Gasteiger partial charge is 0.410 e. The van der Waals surface area contributed by atoms with Gasteiger partial charge in [0.2, 0.25) is 0 Å². The summed E-state index contributed by atoms with van der Waals surface area (Å²) in [5.41, 5.74) is 1.58. The van der Waals surface area contributed by atoms with Crippen molar-refractivity contribution in [2.75, 3.05) is 39.5 Å². The largest absolute Gasteiger partial charge is 0.444 e. The SMILES string of the molecule is CC(CCOC[C@H]1CN(C(=O)OC(C)(C)C)CCO1)Cc1c(Cl)cc2c(cnn2C2CCCCO2)c1Br. The molecule has 1 amide bonds. The third-order valence-corrected chi connectivity index (χ3v) is 7.96. The normalized spacial score (nSPS) is 21.8. The molecule has 2 unspecified atom stereocenters. The summed E-state index contributed by atoms with van der Waals surface area (Å²) in [4.78, 5) is 14.1. The fourth-order valence-corrected chi connectivity index (χ4v) is 5.82. The van der Waals surface area contributed by atoms with E-state index >= 15 is 0 Å². The highest BCUT2D eigenvalue weighted by Gasteiger charge is 2.28. The van der Waals surface area contributed by atoms with Crippen LogP contribution in [-0.2, 0) is 25.4 Å². The van der Waals surface area contributed by atoms with Gasteiger partial charge in [-0.3, -0.25) is 0 Å². The molecule has 0 spiro atoms. The van der Waals surface area contributed by atoms with E-state index in [2.05, 4.69) is 28.0 Å². The van der Waals surface area contributed by atoms with Crippen molar-refractivity contribution in [2.24, 2.45) is 5.92 Å². The summed E-state index contributed by atoms with van der Waals surface area (Å²) in [5.74, 6) is 0.369. The Hall–Kier alpha value is -1.39. The number of rotatable bonds is 8. The van der Waals surface area contributed by atoms with E-state index in [1.54, 1.807) is 4.90 Å². The Labute approximate surface area is 233 Å². The fraction of sp³-hybridized carbons (Fsp3) is 0.704. The molecule has 0 radical (unpaired) electrons. The molecular weight excluding hydrogens is 562 g/mol. The van der Waals surface area contributed by atoms with Gasteiger partial charge in [-0.05, 0) is 86.4 Å². The van der Waals surface area contributed by atoms with Crippen molar-refractivity contribution in [3.63, 3.8) is 0 Å². The van der Waals surface area contributed by atoms with Crippen molar-refractivity contribution in [3.05, 3.63) is 27.3 Å². The van der Waals surface area contributed by atoms with E-state index in [0.717, 1.165) is 64.7 Å². The predicted octanol–water partition coefficient (Wildman–Crippen LogP) is 6.37. The number of carbonyl (C=O) groups is 1. The molecule has 10 heteroatoms. The average Bonchev–Trinajstić information content (AvgIpc) is 3.28. The number of benzene rings is 1. The third kappa shape index (κ3) is 7.60. The van der Waals surface area contributed by atoms with Crippen LogP contribution >= 0.6 is 27.5 Å². The molecule has 0 N–H and O–H groups in total. The van der Waals surface area contributed by atoms with Gasteiger partial charge in [-0.1, -0.05) is 18.5 Å². The molecule has 37 heavy (non-hydrogen) atoms. The van der Waals surface area contributed by atoms with E-state index in [-0.39, 0.29) is 18.4 Å². The molecule has 2 saturated heterocycles. The van der Waals surface area contributed by atoms with Crippen LogP contribution in [0.4, 0.5) is 4.79 Å². The number of hydrogen-bond donors (Lipinski definition) is 0. The number of amides is 1. The standard InChI is InChI=1S/C27H39BrClN3O5/c1-18(8-11-34-17-19-16-31(9-12-35-19)26(33)37-27(2,3)4)13-20-22(29)14-23-21(25(20)28)15-30-32(23)24-7-5-6-10-36-24/h14-15,18-19,24H,5-13,16-17H2,1-4H3/t18?,19-,24?/m1/s1. The highest BCUT2D eigenvalue weighted by molar-refractivity contribution is 9.10. The van der Waals surface area contributed by atoms with Crippen molar-refractivity contribution in [1.82, 2.24) is 14.7 Å². The van der Waals surface area contributed by atoms with Crippen LogP contribution in [0.15, 0.2) is 16.7 Å². The van der Waals surface area contributed by atoms with Crippen LogP contribution < -0.4 is 0 Å². The van der Waals surface area contributed by atoms with Gasteiger partial charge in [0.05, 0.1) is 37.6 Å². The van der Waals surface area contributed by atoms with Gasteiger partial charge < -0.3 is 23.8 Å². The third-order valence-electron chi connectivity index (χ3n) is 6.72. The molecule has 1 aromatic carbocycles. The molecule has 1 aromatic heterocycles. The topological polar surface area (TPSA) is 75.0 Å².